The van der Waals surface area contributed by atoms with Gasteiger partial charge in [0.05, 0.1) is 12.8 Å². The van der Waals surface area contributed by atoms with E-state index in [2.05, 4.69) is 0 Å². The molecule has 0 heterocycles. The number of ether oxygens (including phenoxy) is 1. The molecule has 33 heavy (non-hydrogen) atoms. The Bertz CT molecular complexity index is 1130. The third-order valence-electron chi connectivity index (χ3n) is 5.79. The number of benzene rings is 2. The van der Waals surface area contributed by atoms with E-state index < -0.39 is 27.4 Å². The fourth-order valence-corrected chi connectivity index (χ4v) is 5.59. The van der Waals surface area contributed by atoms with Gasteiger partial charge in [0.1, 0.15) is 12.3 Å². The van der Waals surface area contributed by atoms with Crippen molar-refractivity contribution in [1.82, 2.24) is 4.90 Å². The minimum absolute atomic E-state index is 0.188. The van der Waals surface area contributed by atoms with Crippen molar-refractivity contribution in [1.29, 1.82) is 0 Å². The first-order chi connectivity index (χ1) is 15.7. The van der Waals surface area contributed by atoms with Gasteiger partial charge in [-0.3, -0.25) is 9.10 Å². The van der Waals surface area contributed by atoms with Crippen molar-refractivity contribution in [3.05, 3.63) is 84.5 Å². The molecule has 7 nitrogen and oxygen atoms in total. The number of methoxy groups -OCH3 is 1. The molecule has 0 radical (unpaired) electrons. The largest absolute Gasteiger partial charge is 0.495 e. The fraction of sp³-hybridized carbons (Fsp3) is 0.320. The number of carbonyl (C=O) groups is 1. The van der Waals surface area contributed by atoms with Crippen LogP contribution in [-0.4, -0.2) is 49.5 Å². The van der Waals surface area contributed by atoms with E-state index in [-0.39, 0.29) is 17.3 Å². The van der Waals surface area contributed by atoms with Crippen LogP contribution < -0.4 is 9.04 Å². The topological polar surface area (TPSA) is 87.2 Å². The molecule has 176 valence electrons. The summed E-state index contributed by atoms with van der Waals surface area (Å²) < 4.78 is 34.1. The number of para-hydroxylation sites is 2. The second kappa shape index (κ2) is 10.2. The summed E-state index contributed by atoms with van der Waals surface area (Å²) in [6, 6.07) is 16.0. The summed E-state index contributed by atoms with van der Waals surface area (Å²) in [6.07, 6.45) is 6.05. The number of sulfonamides is 1. The van der Waals surface area contributed by atoms with Crippen molar-refractivity contribution in [3.63, 3.8) is 0 Å². The summed E-state index contributed by atoms with van der Waals surface area (Å²) in [5.41, 5.74) is 1.12. The number of hydrogen-bond donors (Lipinski definition) is 1. The van der Waals surface area contributed by atoms with E-state index in [1.165, 1.54) is 19.3 Å². The molecule has 8 heteroatoms. The molecule has 1 aliphatic carbocycles. The van der Waals surface area contributed by atoms with Crippen LogP contribution in [0, 0.1) is 5.92 Å². The average molecular weight is 471 g/mol. The Morgan fingerprint density at radius 1 is 1.09 bits per heavy atom. The fourth-order valence-electron chi connectivity index (χ4n) is 3.75. The Hall–Kier alpha value is -3.10. The molecular formula is C25H30N2O5S. The highest BCUT2D eigenvalue weighted by atomic mass is 32.2. The van der Waals surface area contributed by atoms with Gasteiger partial charge >= 0.3 is 0 Å². The van der Waals surface area contributed by atoms with Crippen LogP contribution in [0.15, 0.2) is 78.9 Å². The molecule has 1 amide bonds. The third kappa shape index (κ3) is 4.96. The summed E-state index contributed by atoms with van der Waals surface area (Å²) >= 11 is 0. The second-order valence-corrected chi connectivity index (χ2v) is 9.91. The molecule has 2 atom stereocenters. The van der Waals surface area contributed by atoms with Crippen LogP contribution in [0.4, 0.5) is 5.69 Å². The standard InChI is InChI=1S/C25H30N2O5S/c1-4-26(18-21-13-6-5-7-14-21)24(28)19-27(22-15-8-9-16-23(22)32-3)33(30,31)25(29)17-11-10-12-20(25)2/h5-17,20,29H,4,18-19H2,1-3H3. The van der Waals surface area contributed by atoms with Crippen molar-refractivity contribution in [2.24, 2.45) is 5.92 Å². The van der Waals surface area contributed by atoms with Gasteiger partial charge in [-0.2, -0.15) is 0 Å². The zero-order valence-corrected chi connectivity index (χ0v) is 19.9. The van der Waals surface area contributed by atoms with Gasteiger partial charge in [0.2, 0.25) is 10.8 Å². The summed E-state index contributed by atoms with van der Waals surface area (Å²) in [6.45, 7) is 3.73. The Kier molecular flexibility index (Phi) is 7.61. The summed E-state index contributed by atoms with van der Waals surface area (Å²) in [4.78, 5) is 12.7. The van der Waals surface area contributed by atoms with Crippen LogP contribution >= 0.6 is 0 Å². The molecular weight excluding hydrogens is 440 g/mol. The lowest BCUT2D eigenvalue weighted by Gasteiger charge is -2.37. The predicted octanol–water partition coefficient (Wildman–Crippen LogP) is 3.33. The highest BCUT2D eigenvalue weighted by Gasteiger charge is 2.49. The first kappa shape index (κ1) is 24.5. The van der Waals surface area contributed by atoms with Gasteiger partial charge in [-0.05, 0) is 30.7 Å². The van der Waals surface area contributed by atoms with Crippen molar-refractivity contribution >= 4 is 21.6 Å². The van der Waals surface area contributed by atoms with E-state index in [1.54, 1.807) is 48.2 Å². The molecule has 0 aromatic heterocycles. The summed E-state index contributed by atoms with van der Waals surface area (Å²) in [5.74, 6) is -0.819. The van der Waals surface area contributed by atoms with Crippen LogP contribution in [0.25, 0.3) is 0 Å². The number of aliphatic hydroxyl groups is 1. The van der Waals surface area contributed by atoms with Crippen molar-refractivity contribution in [2.45, 2.75) is 25.3 Å². The smallest absolute Gasteiger partial charge is 0.270 e. The number of carbonyl (C=O) groups excluding carboxylic acids is 1. The zero-order chi connectivity index (χ0) is 24.1. The lowest BCUT2D eigenvalue weighted by molar-refractivity contribution is -0.129. The van der Waals surface area contributed by atoms with Crippen molar-refractivity contribution < 1.29 is 23.1 Å². The quantitative estimate of drug-likeness (QED) is 0.608. The maximum atomic E-state index is 13.9. The van der Waals surface area contributed by atoms with E-state index in [0.29, 0.717) is 13.1 Å². The van der Waals surface area contributed by atoms with Crippen molar-refractivity contribution in [2.75, 3.05) is 24.5 Å². The van der Waals surface area contributed by atoms with E-state index >= 15 is 0 Å². The SMILES string of the molecule is CCN(Cc1ccccc1)C(=O)CN(c1ccccc1OC)S(=O)(=O)C1(O)C=CC=CC1C. The number of hydrogen-bond acceptors (Lipinski definition) is 5. The molecule has 0 fully saturated rings. The highest BCUT2D eigenvalue weighted by molar-refractivity contribution is 7.94. The van der Waals surface area contributed by atoms with E-state index in [4.69, 9.17) is 4.74 Å². The minimum atomic E-state index is -4.44. The molecule has 2 aromatic carbocycles. The number of likely N-dealkylation sites (N-methyl/N-ethyl adjacent to an activating group) is 1. The molecule has 1 aliphatic rings. The number of anilines is 1. The maximum absolute atomic E-state index is 13.9. The number of rotatable bonds is 9. The molecule has 0 aliphatic heterocycles. The van der Waals surface area contributed by atoms with Gasteiger partial charge in [-0.25, -0.2) is 8.42 Å². The zero-order valence-electron chi connectivity index (χ0n) is 19.1. The average Bonchev–Trinajstić information content (AvgIpc) is 2.83. The van der Waals surface area contributed by atoms with Crippen LogP contribution in [0.5, 0.6) is 5.75 Å². The number of amides is 1. The van der Waals surface area contributed by atoms with Gasteiger partial charge in [-0.15, -0.1) is 0 Å². The molecule has 2 unspecified atom stereocenters. The van der Waals surface area contributed by atoms with Gasteiger partial charge in [-0.1, -0.05) is 67.6 Å². The molecule has 0 saturated heterocycles. The summed E-state index contributed by atoms with van der Waals surface area (Å²) in [7, 11) is -3.01. The van der Waals surface area contributed by atoms with Gasteiger partial charge in [0.15, 0.2) is 0 Å². The van der Waals surface area contributed by atoms with Crippen LogP contribution in [-0.2, 0) is 21.4 Å². The molecule has 0 bridgehead atoms. The van der Waals surface area contributed by atoms with Crippen molar-refractivity contribution in [3.8, 4) is 5.75 Å². The minimum Gasteiger partial charge on any atom is -0.495 e. The maximum Gasteiger partial charge on any atom is 0.270 e. The van der Waals surface area contributed by atoms with Crippen LogP contribution in [0.3, 0.4) is 0 Å². The van der Waals surface area contributed by atoms with Gasteiger partial charge < -0.3 is 14.7 Å². The van der Waals surface area contributed by atoms with Gasteiger partial charge in [0.25, 0.3) is 10.0 Å². The molecule has 0 saturated carbocycles. The molecule has 1 N–H and O–H groups in total. The number of nitrogens with zero attached hydrogens (tertiary/aromatic N) is 2. The predicted molar refractivity (Wildman–Crippen MR) is 129 cm³/mol. The molecule has 0 spiro atoms. The summed E-state index contributed by atoms with van der Waals surface area (Å²) in [5, 5.41) is 11.3. The Balaban J connectivity index is 2.02. The second-order valence-electron chi connectivity index (χ2n) is 7.86. The highest BCUT2D eigenvalue weighted by Crippen LogP contribution is 2.38. The Labute approximate surface area is 195 Å². The van der Waals surface area contributed by atoms with Crippen LogP contribution in [0.2, 0.25) is 0 Å². The lowest BCUT2D eigenvalue weighted by Crippen LogP contribution is -2.54. The number of allylic oxidation sites excluding steroid dienone is 2. The lowest BCUT2D eigenvalue weighted by atomic mass is 9.99. The van der Waals surface area contributed by atoms with E-state index in [9.17, 15) is 18.3 Å². The first-order valence-electron chi connectivity index (χ1n) is 10.8. The van der Waals surface area contributed by atoms with E-state index in [0.717, 1.165) is 9.87 Å². The normalized spacial score (nSPS) is 19.8. The van der Waals surface area contributed by atoms with E-state index in [1.807, 2.05) is 37.3 Å². The molecule has 2 aromatic rings. The van der Waals surface area contributed by atoms with Crippen LogP contribution in [0.1, 0.15) is 19.4 Å². The van der Waals surface area contributed by atoms with Gasteiger partial charge in [0, 0.05) is 19.0 Å². The Morgan fingerprint density at radius 2 is 1.76 bits per heavy atom. The monoisotopic (exact) mass is 470 g/mol. The Morgan fingerprint density at radius 3 is 2.39 bits per heavy atom. The molecule has 3 rings (SSSR count). The third-order valence-corrected chi connectivity index (χ3v) is 8.03. The first-order valence-corrected chi connectivity index (χ1v) is 12.2.